The van der Waals surface area contributed by atoms with Crippen LogP contribution in [0.4, 0.5) is 0 Å². The van der Waals surface area contributed by atoms with Crippen molar-refractivity contribution in [3.63, 3.8) is 0 Å². The van der Waals surface area contributed by atoms with Crippen LogP contribution in [0.3, 0.4) is 0 Å². The number of amides is 1. The number of hydrogen-bond donors (Lipinski definition) is 1. The van der Waals surface area contributed by atoms with Crippen molar-refractivity contribution in [3.05, 3.63) is 34.9 Å². The molecule has 0 bridgehead atoms. The van der Waals surface area contributed by atoms with E-state index in [1.54, 1.807) is 0 Å². The summed E-state index contributed by atoms with van der Waals surface area (Å²) in [5.74, 6) is 0.416. The average molecular weight is 281 g/mol. The van der Waals surface area contributed by atoms with Crippen LogP contribution in [-0.4, -0.2) is 31.4 Å². The highest BCUT2D eigenvalue weighted by Gasteiger charge is 2.26. The van der Waals surface area contributed by atoms with E-state index in [4.69, 9.17) is 11.6 Å². The van der Waals surface area contributed by atoms with Crippen molar-refractivity contribution in [3.8, 4) is 0 Å². The average Bonchev–Trinajstić information content (AvgIpc) is 2.29. The number of halogens is 1. The van der Waals surface area contributed by atoms with Crippen molar-refractivity contribution >= 4 is 17.5 Å². The molecule has 0 unspecified atom stereocenters. The quantitative estimate of drug-likeness (QED) is 0.899. The van der Waals surface area contributed by atoms with Gasteiger partial charge in [-0.1, -0.05) is 36.2 Å². The molecule has 1 aliphatic rings. The molecule has 1 amide bonds. The summed E-state index contributed by atoms with van der Waals surface area (Å²) in [6.07, 6.45) is 3.24. The van der Waals surface area contributed by atoms with E-state index < -0.39 is 0 Å². The Morgan fingerprint density at radius 2 is 2.11 bits per heavy atom. The SMILES string of the molecule is CN(C)[C@H](CNC(=O)C1CCC1)c1ccccc1Cl. The zero-order chi connectivity index (χ0) is 13.8. The van der Waals surface area contributed by atoms with Crippen LogP contribution in [0.1, 0.15) is 30.9 Å². The molecular weight excluding hydrogens is 260 g/mol. The maximum Gasteiger partial charge on any atom is 0.223 e. The molecule has 3 nitrogen and oxygen atoms in total. The topological polar surface area (TPSA) is 32.3 Å². The van der Waals surface area contributed by atoms with Crippen LogP contribution in [0.25, 0.3) is 0 Å². The van der Waals surface area contributed by atoms with Crippen LogP contribution < -0.4 is 5.32 Å². The van der Waals surface area contributed by atoms with Crippen molar-refractivity contribution in [1.29, 1.82) is 0 Å². The fourth-order valence-corrected chi connectivity index (χ4v) is 2.59. The molecule has 104 valence electrons. The number of rotatable bonds is 5. The van der Waals surface area contributed by atoms with Crippen LogP contribution in [0, 0.1) is 5.92 Å². The number of likely N-dealkylation sites (N-methyl/N-ethyl adjacent to an activating group) is 1. The lowest BCUT2D eigenvalue weighted by molar-refractivity contribution is -0.127. The third-order valence-corrected chi connectivity index (χ3v) is 4.18. The van der Waals surface area contributed by atoms with E-state index in [1.807, 2.05) is 38.4 Å². The summed E-state index contributed by atoms with van der Waals surface area (Å²) >= 11 is 6.24. The number of nitrogens with zero attached hydrogens (tertiary/aromatic N) is 1. The lowest BCUT2D eigenvalue weighted by Gasteiger charge is -2.29. The van der Waals surface area contributed by atoms with Crippen molar-refractivity contribution in [2.75, 3.05) is 20.6 Å². The minimum absolute atomic E-state index is 0.109. The molecule has 0 spiro atoms. The van der Waals surface area contributed by atoms with E-state index in [1.165, 1.54) is 6.42 Å². The van der Waals surface area contributed by atoms with Gasteiger partial charge in [-0.3, -0.25) is 4.79 Å². The first-order valence-electron chi connectivity index (χ1n) is 6.78. The Bertz CT molecular complexity index is 444. The molecular formula is C15H21ClN2O. The Morgan fingerprint density at radius 3 is 2.63 bits per heavy atom. The van der Waals surface area contributed by atoms with Gasteiger partial charge in [0.1, 0.15) is 0 Å². The molecule has 19 heavy (non-hydrogen) atoms. The fraction of sp³-hybridized carbons (Fsp3) is 0.533. The number of carbonyl (C=O) groups excluding carboxylic acids is 1. The van der Waals surface area contributed by atoms with Crippen LogP contribution in [-0.2, 0) is 4.79 Å². The van der Waals surface area contributed by atoms with Gasteiger partial charge in [-0.05, 0) is 38.6 Å². The van der Waals surface area contributed by atoms with E-state index in [9.17, 15) is 4.79 Å². The molecule has 4 heteroatoms. The normalized spacial score (nSPS) is 17.1. The number of hydrogen-bond acceptors (Lipinski definition) is 2. The summed E-state index contributed by atoms with van der Waals surface area (Å²) in [7, 11) is 4.01. The molecule has 0 radical (unpaired) electrons. The van der Waals surface area contributed by atoms with E-state index in [-0.39, 0.29) is 17.9 Å². The van der Waals surface area contributed by atoms with Gasteiger partial charge in [0.05, 0.1) is 6.04 Å². The van der Waals surface area contributed by atoms with Crippen LogP contribution >= 0.6 is 11.6 Å². The summed E-state index contributed by atoms with van der Waals surface area (Å²) < 4.78 is 0. The largest absolute Gasteiger partial charge is 0.354 e. The van der Waals surface area contributed by atoms with Gasteiger partial charge in [0.15, 0.2) is 0 Å². The number of benzene rings is 1. The summed E-state index contributed by atoms with van der Waals surface area (Å²) in [5, 5.41) is 3.80. The summed E-state index contributed by atoms with van der Waals surface area (Å²) in [5.41, 5.74) is 1.06. The van der Waals surface area contributed by atoms with E-state index in [2.05, 4.69) is 10.2 Å². The van der Waals surface area contributed by atoms with E-state index in [0.29, 0.717) is 6.54 Å². The van der Waals surface area contributed by atoms with Crippen LogP contribution in [0.15, 0.2) is 24.3 Å². The van der Waals surface area contributed by atoms with Gasteiger partial charge >= 0.3 is 0 Å². The van der Waals surface area contributed by atoms with Crippen molar-refractivity contribution in [1.82, 2.24) is 10.2 Å². The molecule has 1 fully saturated rings. The summed E-state index contributed by atoms with van der Waals surface area (Å²) in [6, 6.07) is 7.92. The lowest BCUT2D eigenvalue weighted by Crippen LogP contribution is -2.39. The van der Waals surface area contributed by atoms with Gasteiger partial charge in [-0.2, -0.15) is 0 Å². The zero-order valence-electron chi connectivity index (χ0n) is 11.5. The fourth-order valence-electron chi connectivity index (χ4n) is 2.33. The Balaban J connectivity index is 2.00. The Hall–Kier alpha value is -1.06. The van der Waals surface area contributed by atoms with Crippen molar-refractivity contribution in [2.45, 2.75) is 25.3 Å². The van der Waals surface area contributed by atoms with Crippen molar-refractivity contribution in [2.24, 2.45) is 5.92 Å². The Kier molecular flexibility index (Phi) is 4.83. The molecule has 0 aliphatic heterocycles. The standard InChI is InChI=1S/C15H21ClN2O/c1-18(2)14(12-8-3-4-9-13(12)16)10-17-15(19)11-6-5-7-11/h3-4,8-9,11,14H,5-7,10H2,1-2H3,(H,17,19)/t14-/m1/s1. The molecule has 0 aromatic heterocycles. The van der Waals surface area contributed by atoms with E-state index in [0.717, 1.165) is 23.4 Å². The maximum atomic E-state index is 11.9. The second-order valence-electron chi connectivity index (χ2n) is 5.37. The first-order valence-corrected chi connectivity index (χ1v) is 7.16. The molecule has 0 heterocycles. The highest BCUT2D eigenvalue weighted by Crippen LogP contribution is 2.28. The first kappa shape index (κ1) is 14.4. The molecule has 1 aromatic carbocycles. The second-order valence-corrected chi connectivity index (χ2v) is 5.78. The lowest BCUT2D eigenvalue weighted by atomic mass is 9.85. The van der Waals surface area contributed by atoms with Gasteiger partial charge in [0, 0.05) is 17.5 Å². The first-order chi connectivity index (χ1) is 9.09. The second kappa shape index (κ2) is 6.40. The smallest absolute Gasteiger partial charge is 0.223 e. The predicted molar refractivity (Wildman–Crippen MR) is 78.2 cm³/mol. The summed E-state index contributed by atoms with van der Waals surface area (Å²) in [4.78, 5) is 14.0. The third kappa shape index (κ3) is 3.48. The van der Waals surface area contributed by atoms with E-state index >= 15 is 0 Å². The maximum absolute atomic E-state index is 11.9. The molecule has 1 aromatic rings. The molecule has 0 saturated heterocycles. The molecule has 1 saturated carbocycles. The Morgan fingerprint density at radius 1 is 1.42 bits per heavy atom. The third-order valence-electron chi connectivity index (χ3n) is 3.83. The monoisotopic (exact) mass is 280 g/mol. The highest BCUT2D eigenvalue weighted by atomic mass is 35.5. The minimum Gasteiger partial charge on any atom is -0.354 e. The van der Waals surface area contributed by atoms with Gasteiger partial charge in [0.25, 0.3) is 0 Å². The van der Waals surface area contributed by atoms with Crippen LogP contribution in [0.5, 0.6) is 0 Å². The number of carbonyl (C=O) groups is 1. The molecule has 1 aliphatic carbocycles. The summed E-state index contributed by atoms with van der Waals surface area (Å²) in [6.45, 7) is 0.603. The highest BCUT2D eigenvalue weighted by molar-refractivity contribution is 6.31. The number of nitrogens with one attached hydrogen (secondary N) is 1. The van der Waals surface area contributed by atoms with Gasteiger partial charge in [-0.15, -0.1) is 0 Å². The van der Waals surface area contributed by atoms with Gasteiger partial charge in [-0.25, -0.2) is 0 Å². The molecule has 1 N–H and O–H groups in total. The minimum atomic E-state index is 0.109. The van der Waals surface area contributed by atoms with Gasteiger partial charge < -0.3 is 10.2 Å². The molecule has 1 atom stereocenters. The molecule has 2 rings (SSSR count). The van der Waals surface area contributed by atoms with Crippen LogP contribution in [0.2, 0.25) is 5.02 Å². The Labute approximate surface area is 119 Å². The predicted octanol–water partition coefficient (Wildman–Crippen LogP) is 2.86. The van der Waals surface area contributed by atoms with Crippen molar-refractivity contribution < 1.29 is 4.79 Å². The van der Waals surface area contributed by atoms with Gasteiger partial charge in [0.2, 0.25) is 5.91 Å². The zero-order valence-corrected chi connectivity index (χ0v) is 12.3.